The quantitative estimate of drug-likeness (QED) is 0.571. The number of rotatable bonds is 8. The van der Waals surface area contributed by atoms with Crippen molar-refractivity contribution in [2.75, 3.05) is 23.8 Å². The highest BCUT2D eigenvalue weighted by molar-refractivity contribution is 8.15. The summed E-state index contributed by atoms with van der Waals surface area (Å²) >= 11 is 1.91. The summed E-state index contributed by atoms with van der Waals surface area (Å²) in [6, 6.07) is 6.09. The van der Waals surface area contributed by atoms with Gasteiger partial charge < -0.3 is 15.4 Å². The van der Waals surface area contributed by atoms with Crippen LogP contribution >= 0.6 is 23.1 Å². The highest BCUT2D eigenvalue weighted by Gasteiger charge is 2.41. The van der Waals surface area contributed by atoms with Gasteiger partial charge in [-0.25, -0.2) is 9.78 Å². The molecule has 0 bridgehead atoms. The van der Waals surface area contributed by atoms with Crippen molar-refractivity contribution < 1.29 is 28.7 Å². The first kappa shape index (κ1) is 22.4. The fourth-order valence-corrected chi connectivity index (χ4v) is 4.18. The van der Waals surface area contributed by atoms with Gasteiger partial charge in [-0.15, -0.1) is 11.3 Å². The highest BCUT2D eigenvalue weighted by atomic mass is 32.2. The Morgan fingerprint density at radius 3 is 2.52 bits per heavy atom. The predicted octanol–water partition coefficient (Wildman–Crippen LogP) is 2.35. The van der Waals surface area contributed by atoms with Gasteiger partial charge in [0.2, 0.25) is 17.7 Å². The van der Waals surface area contributed by atoms with Gasteiger partial charge in [-0.05, 0) is 31.2 Å². The van der Waals surface area contributed by atoms with Crippen LogP contribution in [0.15, 0.2) is 35.8 Å². The minimum atomic E-state index is -0.918. The summed E-state index contributed by atoms with van der Waals surface area (Å²) in [6.45, 7) is 1.51. The first-order valence-electron chi connectivity index (χ1n) is 9.15. The Hall–Kier alpha value is -3.25. The van der Waals surface area contributed by atoms with Crippen LogP contribution in [0, 0.1) is 0 Å². The standard InChI is InChI=1S/C19H18N4O6S2/c1-2-29-17(27)11-3-5-12(6-4-11)21-14(24)9-13-16(26)23(19(28)31-13)10-15(25)22-18-20-7-8-30-18/h3-8,13H,2,9-10H2,1H3,(H,21,24)(H,20,22,25). The van der Waals surface area contributed by atoms with E-state index in [0.717, 1.165) is 4.90 Å². The number of carbonyl (C=O) groups excluding carboxylic acids is 5. The lowest BCUT2D eigenvalue weighted by molar-refractivity contribution is -0.131. The molecule has 4 amide bonds. The number of aromatic nitrogens is 1. The van der Waals surface area contributed by atoms with E-state index in [-0.39, 0.29) is 13.0 Å². The molecule has 0 aliphatic carbocycles. The minimum absolute atomic E-state index is 0.237. The Labute approximate surface area is 185 Å². The maximum Gasteiger partial charge on any atom is 0.338 e. The second-order valence-corrected chi connectivity index (χ2v) is 8.28. The normalized spacial score (nSPS) is 15.6. The predicted molar refractivity (Wildman–Crippen MR) is 115 cm³/mol. The van der Waals surface area contributed by atoms with E-state index in [9.17, 15) is 24.0 Å². The third-order valence-corrected chi connectivity index (χ3v) is 5.80. The Morgan fingerprint density at radius 1 is 1.13 bits per heavy atom. The lowest BCUT2D eigenvalue weighted by Crippen LogP contribution is -2.38. The number of nitrogens with zero attached hydrogens (tertiary/aromatic N) is 2. The number of hydrogen-bond acceptors (Lipinski definition) is 9. The first-order chi connectivity index (χ1) is 14.9. The zero-order valence-corrected chi connectivity index (χ0v) is 18.0. The summed E-state index contributed by atoms with van der Waals surface area (Å²) in [5.74, 6) is -2.09. The number of benzene rings is 1. The molecule has 1 aliphatic heterocycles. The highest BCUT2D eigenvalue weighted by Crippen LogP contribution is 2.29. The van der Waals surface area contributed by atoms with Crippen LogP contribution in [0.4, 0.5) is 15.6 Å². The molecule has 0 spiro atoms. The molecule has 0 saturated carbocycles. The van der Waals surface area contributed by atoms with Crippen molar-refractivity contribution in [2.24, 2.45) is 0 Å². The van der Waals surface area contributed by atoms with Gasteiger partial charge in [0.25, 0.3) is 5.24 Å². The molecular weight excluding hydrogens is 444 g/mol. The number of thiazole rings is 1. The topological polar surface area (TPSA) is 135 Å². The van der Waals surface area contributed by atoms with Gasteiger partial charge in [0, 0.05) is 23.7 Å². The van der Waals surface area contributed by atoms with Gasteiger partial charge in [-0.2, -0.15) is 0 Å². The number of nitrogens with one attached hydrogen (secondary N) is 2. The van der Waals surface area contributed by atoms with Gasteiger partial charge in [-0.3, -0.25) is 24.1 Å². The smallest absolute Gasteiger partial charge is 0.338 e. The van der Waals surface area contributed by atoms with Crippen LogP contribution in [0.2, 0.25) is 0 Å². The average Bonchev–Trinajstić information content (AvgIpc) is 3.32. The summed E-state index contributed by atoms with van der Waals surface area (Å²) in [4.78, 5) is 65.3. The van der Waals surface area contributed by atoms with Gasteiger partial charge >= 0.3 is 5.97 Å². The van der Waals surface area contributed by atoms with Crippen LogP contribution in [0.5, 0.6) is 0 Å². The van der Waals surface area contributed by atoms with Crippen molar-refractivity contribution in [3.63, 3.8) is 0 Å². The third-order valence-electron chi connectivity index (χ3n) is 4.04. The van der Waals surface area contributed by atoms with E-state index in [2.05, 4.69) is 15.6 Å². The van der Waals surface area contributed by atoms with Gasteiger partial charge in [0.1, 0.15) is 11.8 Å². The van der Waals surface area contributed by atoms with Crippen LogP contribution in [0.3, 0.4) is 0 Å². The molecule has 10 nitrogen and oxygen atoms in total. The van der Waals surface area contributed by atoms with E-state index in [1.807, 2.05) is 0 Å². The van der Waals surface area contributed by atoms with Crippen molar-refractivity contribution in [2.45, 2.75) is 18.6 Å². The lowest BCUT2D eigenvalue weighted by atomic mass is 10.2. The Kier molecular flexibility index (Phi) is 7.36. The summed E-state index contributed by atoms with van der Waals surface area (Å²) in [7, 11) is 0. The second-order valence-electron chi connectivity index (χ2n) is 6.23. The van der Waals surface area contributed by atoms with Crippen molar-refractivity contribution in [3.05, 3.63) is 41.4 Å². The summed E-state index contributed by atoms with van der Waals surface area (Å²) in [6.07, 6.45) is 1.28. The third kappa shape index (κ3) is 5.89. The summed E-state index contributed by atoms with van der Waals surface area (Å²) < 4.78 is 4.89. The molecule has 162 valence electrons. The molecule has 1 aliphatic rings. The number of amides is 4. The van der Waals surface area contributed by atoms with Crippen LogP contribution in [-0.2, 0) is 19.1 Å². The second kappa shape index (κ2) is 10.2. The van der Waals surface area contributed by atoms with E-state index < -0.39 is 40.7 Å². The molecule has 1 atom stereocenters. The number of thioether (sulfide) groups is 1. The SMILES string of the molecule is CCOC(=O)c1ccc(NC(=O)CC2SC(=O)N(CC(=O)Nc3nccs3)C2=O)cc1. The molecule has 1 aromatic carbocycles. The van der Waals surface area contributed by atoms with Gasteiger partial charge in [-0.1, -0.05) is 11.8 Å². The molecule has 2 aromatic rings. The molecule has 0 radical (unpaired) electrons. The van der Waals surface area contributed by atoms with Gasteiger partial charge in [0.15, 0.2) is 5.13 Å². The van der Waals surface area contributed by atoms with Crippen LogP contribution in [-0.4, -0.2) is 57.2 Å². The van der Waals surface area contributed by atoms with E-state index in [1.165, 1.54) is 41.8 Å². The fraction of sp³-hybridized carbons (Fsp3) is 0.263. The molecule has 1 aromatic heterocycles. The molecule has 1 saturated heterocycles. The van der Waals surface area contributed by atoms with E-state index in [4.69, 9.17) is 4.74 Å². The Morgan fingerprint density at radius 2 is 1.87 bits per heavy atom. The lowest BCUT2D eigenvalue weighted by Gasteiger charge is -2.13. The molecule has 2 N–H and O–H groups in total. The Bertz CT molecular complexity index is 993. The molecule has 2 heterocycles. The molecule has 3 rings (SSSR count). The van der Waals surface area contributed by atoms with E-state index in [1.54, 1.807) is 12.3 Å². The first-order valence-corrected chi connectivity index (χ1v) is 10.9. The zero-order chi connectivity index (χ0) is 22.4. The number of ether oxygens (including phenoxy) is 1. The number of esters is 1. The fourth-order valence-electron chi connectivity index (χ4n) is 2.64. The maximum absolute atomic E-state index is 12.5. The van der Waals surface area contributed by atoms with E-state index in [0.29, 0.717) is 28.1 Å². The van der Waals surface area contributed by atoms with Gasteiger partial charge in [0.05, 0.1) is 12.2 Å². The van der Waals surface area contributed by atoms with Crippen molar-refractivity contribution in [1.29, 1.82) is 0 Å². The number of anilines is 2. The van der Waals surface area contributed by atoms with Crippen molar-refractivity contribution in [1.82, 2.24) is 9.88 Å². The average molecular weight is 463 g/mol. The van der Waals surface area contributed by atoms with Crippen LogP contribution in [0.25, 0.3) is 0 Å². The van der Waals surface area contributed by atoms with Crippen LogP contribution < -0.4 is 10.6 Å². The van der Waals surface area contributed by atoms with E-state index >= 15 is 0 Å². The summed E-state index contributed by atoms with van der Waals surface area (Å²) in [5, 5.41) is 5.65. The largest absolute Gasteiger partial charge is 0.462 e. The molecule has 12 heteroatoms. The van der Waals surface area contributed by atoms with Crippen LogP contribution in [0.1, 0.15) is 23.7 Å². The summed E-state index contributed by atoms with van der Waals surface area (Å²) in [5.41, 5.74) is 0.776. The molecular formula is C19H18N4O6S2. The Balaban J connectivity index is 1.52. The molecule has 1 unspecified atom stereocenters. The molecule has 31 heavy (non-hydrogen) atoms. The molecule has 1 fully saturated rings. The number of hydrogen-bond donors (Lipinski definition) is 2. The number of carbonyl (C=O) groups is 5. The van der Waals surface area contributed by atoms with Crippen molar-refractivity contribution in [3.8, 4) is 0 Å². The maximum atomic E-state index is 12.5. The van der Waals surface area contributed by atoms with Crippen molar-refractivity contribution >= 4 is 62.8 Å². The minimum Gasteiger partial charge on any atom is -0.462 e. The number of imide groups is 1. The monoisotopic (exact) mass is 462 g/mol. The zero-order valence-electron chi connectivity index (χ0n) is 16.3.